The lowest BCUT2D eigenvalue weighted by Crippen LogP contribution is -2.15. The Bertz CT molecular complexity index is 2880. The highest BCUT2D eigenvalue weighted by Gasteiger charge is 2.37. The molecular formula is C45H30N2O. The van der Waals surface area contributed by atoms with Gasteiger partial charge in [-0.15, -0.1) is 0 Å². The van der Waals surface area contributed by atoms with E-state index in [1.165, 1.54) is 71.6 Å². The monoisotopic (exact) mass is 614 g/mol. The van der Waals surface area contributed by atoms with E-state index in [1.807, 2.05) is 0 Å². The molecule has 3 heteroatoms. The summed E-state index contributed by atoms with van der Waals surface area (Å²) in [7, 11) is 0. The summed E-state index contributed by atoms with van der Waals surface area (Å²) in [4.78, 5) is 0. The van der Waals surface area contributed by atoms with Gasteiger partial charge in [-0.25, -0.2) is 0 Å². The minimum atomic E-state index is -0.180. The fraction of sp³-hybridized carbons (Fsp3) is 0.0667. The molecule has 0 bridgehead atoms. The Balaban J connectivity index is 1.11. The van der Waals surface area contributed by atoms with Crippen LogP contribution in [0.1, 0.15) is 25.0 Å². The molecule has 0 unspecified atom stereocenters. The number of hydrogen-bond acceptors (Lipinski definition) is 1. The number of hydrogen-bond donors (Lipinski definition) is 0. The summed E-state index contributed by atoms with van der Waals surface area (Å²) in [6, 6.07) is 53.1. The lowest BCUT2D eigenvalue weighted by Gasteiger charge is -2.22. The van der Waals surface area contributed by atoms with Crippen LogP contribution in [0.5, 0.6) is 0 Å². The molecule has 1 aliphatic carbocycles. The Morgan fingerprint density at radius 1 is 0.396 bits per heavy atom. The Morgan fingerprint density at radius 2 is 0.854 bits per heavy atom. The molecule has 0 fully saturated rings. The number of para-hydroxylation sites is 4. The van der Waals surface area contributed by atoms with Crippen molar-refractivity contribution in [3.8, 4) is 22.5 Å². The zero-order valence-electron chi connectivity index (χ0n) is 26.7. The molecule has 0 radical (unpaired) electrons. The smallest absolute Gasteiger partial charge is 0.135 e. The molecule has 0 N–H and O–H groups in total. The van der Waals surface area contributed by atoms with Crippen LogP contribution in [0.2, 0.25) is 0 Å². The number of benzene rings is 7. The average Bonchev–Trinajstić information content (AvgIpc) is 3.82. The maximum absolute atomic E-state index is 6.58. The number of rotatable bonds is 2. The van der Waals surface area contributed by atoms with Crippen LogP contribution in [0.15, 0.2) is 150 Å². The van der Waals surface area contributed by atoms with E-state index < -0.39 is 0 Å². The molecule has 1 aliphatic rings. The third kappa shape index (κ3) is 3.28. The van der Waals surface area contributed by atoms with Crippen molar-refractivity contribution in [2.24, 2.45) is 0 Å². The van der Waals surface area contributed by atoms with Crippen LogP contribution in [0.3, 0.4) is 0 Å². The summed E-state index contributed by atoms with van der Waals surface area (Å²) >= 11 is 0. The van der Waals surface area contributed by atoms with E-state index >= 15 is 0 Å². The van der Waals surface area contributed by atoms with Gasteiger partial charge in [0.1, 0.15) is 11.2 Å². The molecular weight excluding hydrogens is 585 g/mol. The molecule has 0 aliphatic heterocycles. The summed E-state index contributed by atoms with van der Waals surface area (Å²) in [5.74, 6) is 0. The topological polar surface area (TPSA) is 23.0 Å². The van der Waals surface area contributed by atoms with Crippen LogP contribution in [-0.2, 0) is 5.41 Å². The standard InChI is InChI=1S/C45H30N2O/c1-45(2)37-24-28(47-41-17-9-5-13-32(41)33-14-6-10-18-42(33)47)19-21-29(37)34-25-36-35-23-27(20-22-43(35)48-44(36)26-38(34)45)46-39-15-7-3-11-30(39)31-12-4-8-16-40(31)46/h3-26H,1-2H3. The molecule has 3 nitrogen and oxygen atoms in total. The molecule has 0 atom stereocenters. The highest BCUT2D eigenvalue weighted by molar-refractivity contribution is 6.12. The molecule has 226 valence electrons. The van der Waals surface area contributed by atoms with Crippen molar-refractivity contribution in [1.29, 1.82) is 0 Å². The number of furan rings is 1. The van der Waals surface area contributed by atoms with E-state index in [2.05, 4.69) is 169 Å². The molecule has 0 amide bonds. The molecule has 10 aromatic rings. The second-order valence-electron chi connectivity index (χ2n) is 13.8. The number of nitrogens with zero attached hydrogens (tertiary/aromatic N) is 2. The zero-order chi connectivity index (χ0) is 31.7. The van der Waals surface area contributed by atoms with Gasteiger partial charge in [-0.1, -0.05) is 92.7 Å². The predicted octanol–water partition coefficient (Wildman–Crippen LogP) is 12.1. The van der Waals surface area contributed by atoms with Crippen molar-refractivity contribution < 1.29 is 4.42 Å². The maximum atomic E-state index is 6.58. The summed E-state index contributed by atoms with van der Waals surface area (Å²) < 4.78 is 11.4. The molecule has 11 rings (SSSR count). The van der Waals surface area contributed by atoms with Crippen molar-refractivity contribution in [3.63, 3.8) is 0 Å². The molecule has 0 saturated carbocycles. The van der Waals surface area contributed by atoms with E-state index in [9.17, 15) is 0 Å². The van der Waals surface area contributed by atoms with Crippen molar-refractivity contribution in [1.82, 2.24) is 9.13 Å². The molecule has 48 heavy (non-hydrogen) atoms. The fourth-order valence-corrected chi connectivity index (χ4v) is 8.66. The van der Waals surface area contributed by atoms with Gasteiger partial charge in [-0.05, 0) is 89.0 Å². The third-order valence-corrected chi connectivity index (χ3v) is 10.9. The Hall–Kier alpha value is -6.06. The Kier molecular flexibility index (Phi) is 4.91. The lowest BCUT2D eigenvalue weighted by molar-refractivity contribution is 0.647. The highest BCUT2D eigenvalue weighted by Crippen LogP contribution is 2.52. The minimum Gasteiger partial charge on any atom is -0.456 e. The van der Waals surface area contributed by atoms with Gasteiger partial charge in [0.15, 0.2) is 0 Å². The van der Waals surface area contributed by atoms with E-state index in [1.54, 1.807) is 0 Å². The first-order valence-corrected chi connectivity index (χ1v) is 16.7. The summed E-state index contributed by atoms with van der Waals surface area (Å²) in [6.07, 6.45) is 0. The second kappa shape index (κ2) is 9.05. The minimum absolute atomic E-state index is 0.180. The van der Waals surface area contributed by atoms with Crippen molar-refractivity contribution >= 4 is 65.6 Å². The maximum Gasteiger partial charge on any atom is 0.135 e. The largest absolute Gasteiger partial charge is 0.456 e. The van der Waals surface area contributed by atoms with Gasteiger partial charge in [0, 0.05) is 49.1 Å². The van der Waals surface area contributed by atoms with Crippen LogP contribution < -0.4 is 0 Å². The van der Waals surface area contributed by atoms with Gasteiger partial charge in [-0.2, -0.15) is 0 Å². The fourth-order valence-electron chi connectivity index (χ4n) is 8.66. The molecule has 0 saturated heterocycles. The van der Waals surface area contributed by atoms with E-state index in [4.69, 9.17) is 4.42 Å². The van der Waals surface area contributed by atoms with Gasteiger partial charge in [0.25, 0.3) is 0 Å². The first-order chi connectivity index (χ1) is 23.6. The Morgan fingerprint density at radius 3 is 1.42 bits per heavy atom. The van der Waals surface area contributed by atoms with Gasteiger partial charge in [0.05, 0.1) is 22.1 Å². The number of aromatic nitrogens is 2. The van der Waals surface area contributed by atoms with E-state index in [0.717, 1.165) is 27.6 Å². The SMILES string of the molecule is CC1(C)c2cc(-n3c4ccccc4c4ccccc43)ccc2-c2cc3c(cc21)oc1ccc(-n2c4ccccc4c4ccccc42)cc13. The van der Waals surface area contributed by atoms with Gasteiger partial charge in [0.2, 0.25) is 0 Å². The van der Waals surface area contributed by atoms with Crippen LogP contribution in [0.25, 0.3) is 88.1 Å². The molecule has 3 heterocycles. The molecule has 7 aromatic carbocycles. The molecule has 0 spiro atoms. The third-order valence-electron chi connectivity index (χ3n) is 10.9. The van der Waals surface area contributed by atoms with Crippen molar-refractivity contribution in [2.45, 2.75) is 19.3 Å². The predicted molar refractivity (Wildman–Crippen MR) is 200 cm³/mol. The quantitative estimate of drug-likeness (QED) is 0.190. The summed E-state index contributed by atoms with van der Waals surface area (Å²) in [6.45, 7) is 4.70. The first-order valence-electron chi connectivity index (χ1n) is 16.7. The highest BCUT2D eigenvalue weighted by atomic mass is 16.3. The normalized spacial score (nSPS) is 13.8. The van der Waals surface area contributed by atoms with E-state index in [-0.39, 0.29) is 5.41 Å². The molecule has 3 aromatic heterocycles. The van der Waals surface area contributed by atoms with Crippen LogP contribution in [0, 0.1) is 0 Å². The van der Waals surface area contributed by atoms with Crippen LogP contribution in [-0.4, -0.2) is 9.13 Å². The summed E-state index contributed by atoms with van der Waals surface area (Å²) in [5.41, 5.74) is 14.1. The van der Waals surface area contributed by atoms with Crippen molar-refractivity contribution in [2.75, 3.05) is 0 Å². The van der Waals surface area contributed by atoms with Gasteiger partial charge >= 0.3 is 0 Å². The number of fused-ring (bicyclic) bond motifs is 12. The average molecular weight is 615 g/mol. The summed E-state index contributed by atoms with van der Waals surface area (Å²) in [5, 5.41) is 7.39. The lowest BCUT2D eigenvalue weighted by atomic mass is 9.82. The second-order valence-corrected chi connectivity index (χ2v) is 13.8. The Labute approximate surface area is 276 Å². The first kappa shape index (κ1) is 26.1. The van der Waals surface area contributed by atoms with Gasteiger partial charge in [-0.3, -0.25) is 0 Å². The van der Waals surface area contributed by atoms with Crippen LogP contribution in [0.4, 0.5) is 0 Å². The van der Waals surface area contributed by atoms with Crippen LogP contribution >= 0.6 is 0 Å². The zero-order valence-corrected chi connectivity index (χ0v) is 26.7. The van der Waals surface area contributed by atoms with E-state index in [0.29, 0.717) is 0 Å². The van der Waals surface area contributed by atoms with Gasteiger partial charge < -0.3 is 13.6 Å². The van der Waals surface area contributed by atoms with Crippen molar-refractivity contribution in [3.05, 3.63) is 157 Å².